The molecule has 0 bridgehead atoms. The Labute approximate surface area is 199 Å². The molecule has 2 atom stereocenters. The van der Waals surface area contributed by atoms with Gasteiger partial charge in [0.1, 0.15) is 5.82 Å². The maximum atomic E-state index is 13.3. The van der Waals surface area contributed by atoms with Crippen LogP contribution in [0.5, 0.6) is 0 Å². The van der Waals surface area contributed by atoms with Crippen LogP contribution in [0, 0.1) is 0 Å². The summed E-state index contributed by atoms with van der Waals surface area (Å²) in [6.45, 7) is 0.756. The Kier molecular flexibility index (Phi) is 7.72. The summed E-state index contributed by atoms with van der Waals surface area (Å²) in [5.41, 5.74) is 9.73. The third-order valence-corrected chi connectivity index (χ3v) is 6.17. The first kappa shape index (κ1) is 23.7. The minimum atomic E-state index is -0.682. The van der Waals surface area contributed by atoms with Crippen LogP contribution in [0.2, 0.25) is 0 Å². The van der Waals surface area contributed by atoms with Gasteiger partial charge in [0.2, 0.25) is 5.91 Å². The molecule has 0 unspecified atom stereocenters. The van der Waals surface area contributed by atoms with E-state index in [2.05, 4.69) is 15.3 Å². The summed E-state index contributed by atoms with van der Waals surface area (Å²) in [6, 6.07) is 16.2. The summed E-state index contributed by atoms with van der Waals surface area (Å²) >= 11 is 0. The number of aromatic nitrogens is 2. The Morgan fingerprint density at radius 3 is 2.65 bits per heavy atom. The van der Waals surface area contributed by atoms with Crippen molar-refractivity contribution in [2.45, 2.75) is 37.8 Å². The minimum Gasteiger partial charge on any atom is -0.395 e. The van der Waals surface area contributed by atoms with E-state index in [1.165, 1.54) is 0 Å². The number of nitrogens with one attached hydrogen (secondary N) is 2. The normalized spacial score (nSPS) is 16.8. The summed E-state index contributed by atoms with van der Waals surface area (Å²) in [5.74, 6) is 0.454. The highest BCUT2D eigenvalue weighted by Crippen LogP contribution is 2.31. The van der Waals surface area contributed by atoms with E-state index in [1.54, 1.807) is 12.1 Å². The van der Waals surface area contributed by atoms with Crippen molar-refractivity contribution in [3.63, 3.8) is 0 Å². The van der Waals surface area contributed by atoms with Gasteiger partial charge in [-0.1, -0.05) is 42.5 Å². The lowest BCUT2D eigenvalue weighted by Gasteiger charge is -2.36. The first-order valence-electron chi connectivity index (χ1n) is 11.7. The van der Waals surface area contributed by atoms with E-state index in [-0.39, 0.29) is 31.0 Å². The topological polar surface area (TPSA) is 124 Å². The van der Waals surface area contributed by atoms with Gasteiger partial charge in [-0.2, -0.15) is 0 Å². The van der Waals surface area contributed by atoms with E-state index in [4.69, 9.17) is 10.8 Å². The summed E-state index contributed by atoms with van der Waals surface area (Å²) < 4.78 is 0. The third-order valence-electron chi connectivity index (χ3n) is 6.17. The molecule has 8 nitrogen and oxygen atoms in total. The van der Waals surface area contributed by atoms with Gasteiger partial charge in [0.15, 0.2) is 0 Å². The van der Waals surface area contributed by atoms with Crippen molar-refractivity contribution < 1.29 is 14.7 Å². The van der Waals surface area contributed by atoms with Gasteiger partial charge in [-0.3, -0.25) is 9.59 Å². The number of amides is 2. The number of H-pyrrole nitrogens is 1. The van der Waals surface area contributed by atoms with Gasteiger partial charge in [0.05, 0.1) is 30.6 Å². The summed E-state index contributed by atoms with van der Waals surface area (Å²) in [7, 11) is 0. The van der Waals surface area contributed by atoms with Gasteiger partial charge in [0, 0.05) is 18.7 Å². The van der Waals surface area contributed by atoms with Crippen LogP contribution in [0.3, 0.4) is 0 Å². The molecule has 1 aromatic heterocycles. The van der Waals surface area contributed by atoms with Gasteiger partial charge >= 0.3 is 0 Å². The molecular weight excluding hydrogens is 430 g/mol. The molecule has 2 heterocycles. The predicted molar refractivity (Wildman–Crippen MR) is 130 cm³/mol. The van der Waals surface area contributed by atoms with Gasteiger partial charge in [0.25, 0.3) is 5.91 Å². The number of likely N-dealkylation sites (tertiary alicyclic amines) is 1. The van der Waals surface area contributed by atoms with Crippen LogP contribution in [0.1, 0.15) is 47.1 Å². The lowest BCUT2D eigenvalue weighted by Crippen LogP contribution is -2.48. The summed E-state index contributed by atoms with van der Waals surface area (Å²) in [6.07, 6.45) is 5.02. The molecule has 8 heteroatoms. The molecule has 2 amide bonds. The van der Waals surface area contributed by atoms with E-state index in [1.807, 2.05) is 53.6 Å². The lowest BCUT2D eigenvalue weighted by atomic mass is 9.98. The van der Waals surface area contributed by atoms with Crippen LogP contribution in [-0.2, 0) is 11.2 Å². The van der Waals surface area contributed by atoms with Gasteiger partial charge in [-0.05, 0) is 48.9 Å². The molecule has 178 valence electrons. The number of carbonyl (C=O) groups excluding carboxylic acids is 2. The number of aliphatic hydroxyl groups is 1. The fraction of sp³-hybridized carbons (Fsp3) is 0.346. The SMILES string of the molecule is N[C@@H](Cc1ccc(C(=O)NCCO)cc1)C(=O)N1CCCC[C@H]1c1ncc(-c2ccccc2)[nH]1. The second-order valence-electron chi connectivity index (χ2n) is 8.58. The van der Waals surface area contributed by atoms with Crippen LogP contribution < -0.4 is 11.1 Å². The molecule has 1 saturated heterocycles. The fourth-order valence-corrected chi connectivity index (χ4v) is 4.37. The zero-order valence-electron chi connectivity index (χ0n) is 19.1. The smallest absolute Gasteiger partial charge is 0.251 e. The Morgan fingerprint density at radius 1 is 1.15 bits per heavy atom. The van der Waals surface area contributed by atoms with Crippen molar-refractivity contribution >= 4 is 11.8 Å². The molecule has 0 radical (unpaired) electrons. The summed E-state index contributed by atoms with van der Waals surface area (Å²) in [4.78, 5) is 35.2. The van der Waals surface area contributed by atoms with E-state index >= 15 is 0 Å². The monoisotopic (exact) mass is 461 g/mol. The number of piperidine rings is 1. The lowest BCUT2D eigenvalue weighted by molar-refractivity contribution is -0.136. The van der Waals surface area contributed by atoms with E-state index in [0.29, 0.717) is 18.5 Å². The third kappa shape index (κ3) is 5.52. The molecular formula is C26H31N5O3. The molecule has 5 N–H and O–H groups in total. The molecule has 0 saturated carbocycles. The van der Waals surface area contributed by atoms with Crippen molar-refractivity contribution in [3.05, 3.63) is 77.7 Å². The van der Waals surface area contributed by atoms with E-state index in [9.17, 15) is 9.59 Å². The van der Waals surface area contributed by atoms with Crippen molar-refractivity contribution in [2.75, 3.05) is 19.7 Å². The number of nitrogens with zero attached hydrogens (tertiary/aromatic N) is 2. The zero-order chi connectivity index (χ0) is 23.9. The largest absolute Gasteiger partial charge is 0.395 e. The summed E-state index contributed by atoms with van der Waals surface area (Å²) in [5, 5.41) is 11.5. The quantitative estimate of drug-likeness (QED) is 0.410. The molecule has 1 fully saturated rings. The van der Waals surface area contributed by atoms with Crippen molar-refractivity contribution in [3.8, 4) is 11.3 Å². The average Bonchev–Trinajstić information content (AvgIpc) is 3.38. The second kappa shape index (κ2) is 11.1. The van der Waals surface area contributed by atoms with Crippen LogP contribution in [0.15, 0.2) is 60.8 Å². The van der Waals surface area contributed by atoms with Crippen LogP contribution >= 0.6 is 0 Å². The fourth-order valence-electron chi connectivity index (χ4n) is 4.37. The van der Waals surface area contributed by atoms with Crippen molar-refractivity contribution in [1.82, 2.24) is 20.2 Å². The second-order valence-corrected chi connectivity index (χ2v) is 8.58. The highest BCUT2D eigenvalue weighted by atomic mass is 16.3. The van der Waals surface area contributed by atoms with E-state index < -0.39 is 6.04 Å². The van der Waals surface area contributed by atoms with Crippen LogP contribution in [0.25, 0.3) is 11.3 Å². The average molecular weight is 462 g/mol. The Hall–Kier alpha value is -3.49. The number of nitrogens with two attached hydrogens (primary N) is 1. The van der Waals surface area contributed by atoms with Crippen LogP contribution in [-0.4, -0.2) is 57.5 Å². The molecule has 3 aromatic rings. The predicted octanol–water partition coefficient (Wildman–Crippen LogP) is 2.42. The zero-order valence-corrected chi connectivity index (χ0v) is 19.1. The standard InChI is InChI=1S/C26H31N5O3/c27-21(16-18-9-11-20(12-10-18)25(33)28-13-15-32)26(34)31-14-5-4-8-23(31)24-29-17-22(30-24)19-6-2-1-3-7-19/h1-3,6-7,9-12,17,21,23,32H,4-5,8,13-16,27H2,(H,28,33)(H,29,30)/t21-,23-/m0/s1. The number of benzene rings is 2. The molecule has 1 aliphatic heterocycles. The number of hydrogen-bond donors (Lipinski definition) is 4. The molecule has 4 rings (SSSR count). The Balaban J connectivity index is 1.42. The Morgan fingerprint density at radius 2 is 1.91 bits per heavy atom. The molecule has 2 aromatic carbocycles. The number of carbonyl (C=O) groups is 2. The molecule has 0 spiro atoms. The minimum absolute atomic E-state index is 0.0906. The number of imidazole rings is 1. The molecule has 0 aliphatic carbocycles. The first-order valence-corrected chi connectivity index (χ1v) is 11.7. The van der Waals surface area contributed by atoms with Gasteiger partial charge in [-0.25, -0.2) is 4.98 Å². The first-order chi connectivity index (χ1) is 16.6. The number of rotatable bonds is 8. The van der Waals surface area contributed by atoms with E-state index in [0.717, 1.165) is 41.9 Å². The number of aliphatic hydroxyl groups excluding tert-OH is 1. The van der Waals surface area contributed by atoms with Gasteiger partial charge in [-0.15, -0.1) is 0 Å². The number of hydrogen-bond acceptors (Lipinski definition) is 5. The highest BCUT2D eigenvalue weighted by molar-refractivity contribution is 5.94. The maximum Gasteiger partial charge on any atom is 0.251 e. The van der Waals surface area contributed by atoms with Gasteiger partial charge < -0.3 is 26.0 Å². The Bertz CT molecular complexity index is 1100. The van der Waals surface area contributed by atoms with Crippen molar-refractivity contribution in [1.29, 1.82) is 0 Å². The van der Waals surface area contributed by atoms with Crippen molar-refractivity contribution in [2.24, 2.45) is 5.73 Å². The maximum absolute atomic E-state index is 13.3. The molecule has 34 heavy (non-hydrogen) atoms. The molecule has 1 aliphatic rings. The van der Waals surface area contributed by atoms with Crippen LogP contribution in [0.4, 0.5) is 0 Å². The number of aromatic amines is 1. The highest BCUT2D eigenvalue weighted by Gasteiger charge is 2.32.